The predicted molar refractivity (Wildman–Crippen MR) is 132 cm³/mol. The summed E-state index contributed by atoms with van der Waals surface area (Å²) in [4.78, 5) is 19.9. The third-order valence-electron chi connectivity index (χ3n) is 5.64. The highest BCUT2D eigenvalue weighted by atomic mass is 32.1. The van der Waals surface area contributed by atoms with Gasteiger partial charge in [-0.2, -0.15) is 0 Å². The number of thiazole rings is 1. The number of para-hydroxylation sites is 2. The number of fused-ring (bicyclic) bond motifs is 1. The van der Waals surface area contributed by atoms with Gasteiger partial charge in [-0.1, -0.05) is 26.0 Å². The number of hydrogen-bond acceptors (Lipinski definition) is 6. The molecule has 1 saturated heterocycles. The van der Waals surface area contributed by atoms with Crippen LogP contribution in [0, 0.1) is 0 Å². The zero-order valence-corrected chi connectivity index (χ0v) is 19.7. The van der Waals surface area contributed by atoms with Gasteiger partial charge in [0, 0.05) is 43.0 Å². The summed E-state index contributed by atoms with van der Waals surface area (Å²) in [6.45, 7) is 9.71. The Balaban J connectivity index is 0.00000119. The Kier molecular flexibility index (Phi) is 7.07. The molecule has 3 heterocycles. The molecule has 2 aliphatic heterocycles. The van der Waals surface area contributed by atoms with Gasteiger partial charge < -0.3 is 20.3 Å². The minimum atomic E-state index is -0.183. The summed E-state index contributed by atoms with van der Waals surface area (Å²) < 4.78 is 5.58. The minimum absolute atomic E-state index is 0.183. The number of nitrogens with one attached hydrogen (secondary N) is 2. The summed E-state index contributed by atoms with van der Waals surface area (Å²) in [5, 5.41) is 9.15. The average Bonchev–Trinajstić information content (AvgIpc) is 3.51. The lowest BCUT2D eigenvalue weighted by atomic mass is 10.1. The third-order valence-corrected chi connectivity index (χ3v) is 6.53. The van der Waals surface area contributed by atoms with Crippen LogP contribution < -0.4 is 20.3 Å². The van der Waals surface area contributed by atoms with Gasteiger partial charge in [0.05, 0.1) is 18.0 Å². The van der Waals surface area contributed by atoms with Crippen LogP contribution in [0.2, 0.25) is 0 Å². The van der Waals surface area contributed by atoms with E-state index in [1.165, 1.54) is 16.9 Å². The normalized spacial score (nSPS) is 17.1. The fraction of sp³-hybridized carbons (Fsp3) is 0.360. The van der Waals surface area contributed by atoms with Gasteiger partial charge in [-0.15, -0.1) is 11.3 Å². The Morgan fingerprint density at radius 1 is 1.25 bits per heavy atom. The summed E-state index contributed by atoms with van der Waals surface area (Å²) in [6, 6.07) is 14.5. The molecule has 32 heavy (non-hydrogen) atoms. The fourth-order valence-electron chi connectivity index (χ4n) is 4.05. The molecule has 1 fully saturated rings. The van der Waals surface area contributed by atoms with Gasteiger partial charge in [0.25, 0.3) is 5.91 Å². The van der Waals surface area contributed by atoms with E-state index < -0.39 is 0 Å². The summed E-state index contributed by atoms with van der Waals surface area (Å²) >= 11 is 1.49. The number of hydrogen-bond donors (Lipinski definition) is 2. The molecule has 0 saturated carbocycles. The second-order valence-electron chi connectivity index (χ2n) is 7.68. The molecular formula is C25H30N4O2S. The van der Waals surface area contributed by atoms with Crippen molar-refractivity contribution in [3.8, 4) is 16.3 Å². The molecule has 7 heteroatoms. The minimum Gasteiger partial charge on any atom is -0.493 e. The number of piperazine rings is 1. The average molecular weight is 451 g/mol. The molecule has 3 aromatic rings. The van der Waals surface area contributed by atoms with E-state index >= 15 is 0 Å². The SMILES string of the molecule is CC.C[C@H]1CNCCN1c1ccccc1NC(=O)c1csc(-c2ccc3c(c2)CCO3)n1. The lowest BCUT2D eigenvalue weighted by Crippen LogP contribution is -2.50. The first-order valence-electron chi connectivity index (χ1n) is 11.3. The van der Waals surface area contributed by atoms with E-state index in [1.807, 2.05) is 49.6 Å². The number of carbonyl (C=O) groups excluding carboxylic acids is 1. The number of ether oxygens (including phenoxy) is 1. The Morgan fingerprint density at radius 3 is 2.94 bits per heavy atom. The van der Waals surface area contributed by atoms with E-state index in [2.05, 4.69) is 39.6 Å². The molecule has 0 aliphatic carbocycles. The molecule has 0 spiro atoms. The molecule has 2 aliphatic rings. The van der Waals surface area contributed by atoms with Gasteiger partial charge in [-0.05, 0) is 42.8 Å². The molecule has 5 rings (SSSR count). The van der Waals surface area contributed by atoms with Crippen molar-refractivity contribution in [2.45, 2.75) is 33.2 Å². The van der Waals surface area contributed by atoms with Crippen molar-refractivity contribution >= 4 is 28.6 Å². The van der Waals surface area contributed by atoms with Gasteiger partial charge in [0.2, 0.25) is 0 Å². The topological polar surface area (TPSA) is 66.5 Å². The Morgan fingerprint density at radius 2 is 2.09 bits per heavy atom. The van der Waals surface area contributed by atoms with Gasteiger partial charge in [0.15, 0.2) is 0 Å². The van der Waals surface area contributed by atoms with E-state index in [4.69, 9.17) is 4.74 Å². The highest BCUT2D eigenvalue weighted by Gasteiger charge is 2.22. The molecule has 1 atom stereocenters. The van der Waals surface area contributed by atoms with E-state index in [1.54, 1.807) is 0 Å². The number of rotatable bonds is 4. The standard InChI is InChI=1S/C23H24N4O2S.C2H6/c1-15-13-24-9-10-27(15)20-5-3-2-4-18(20)25-22(28)19-14-30-23(26-19)17-6-7-21-16(12-17)8-11-29-21;1-2/h2-7,12,14-15,24H,8-11,13H2,1H3,(H,25,28);1-2H3/t15-;/m0./s1. The monoisotopic (exact) mass is 450 g/mol. The highest BCUT2D eigenvalue weighted by molar-refractivity contribution is 7.13. The lowest BCUT2D eigenvalue weighted by molar-refractivity contribution is 0.102. The van der Waals surface area contributed by atoms with Crippen molar-refractivity contribution in [1.29, 1.82) is 0 Å². The highest BCUT2D eigenvalue weighted by Crippen LogP contribution is 2.32. The summed E-state index contributed by atoms with van der Waals surface area (Å²) in [7, 11) is 0. The van der Waals surface area contributed by atoms with Crippen molar-refractivity contribution in [3.05, 3.63) is 59.1 Å². The molecule has 2 N–H and O–H groups in total. The summed E-state index contributed by atoms with van der Waals surface area (Å²) in [6.07, 6.45) is 0.920. The van der Waals surface area contributed by atoms with E-state index in [9.17, 15) is 4.79 Å². The summed E-state index contributed by atoms with van der Waals surface area (Å²) in [5.74, 6) is 0.768. The van der Waals surface area contributed by atoms with Crippen LogP contribution in [0.25, 0.3) is 10.6 Å². The molecular weight excluding hydrogens is 420 g/mol. The van der Waals surface area contributed by atoms with Gasteiger partial charge >= 0.3 is 0 Å². The van der Waals surface area contributed by atoms with Gasteiger partial charge in [-0.25, -0.2) is 4.98 Å². The second kappa shape index (κ2) is 10.1. The molecule has 0 radical (unpaired) electrons. The van der Waals surface area contributed by atoms with Crippen LogP contribution in [-0.4, -0.2) is 43.2 Å². The largest absolute Gasteiger partial charge is 0.493 e. The van der Waals surface area contributed by atoms with Crippen molar-refractivity contribution in [3.63, 3.8) is 0 Å². The predicted octanol–water partition coefficient (Wildman–Crippen LogP) is 4.82. The summed E-state index contributed by atoms with van der Waals surface area (Å²) in [5.41, 5.74) is 4.54. The van der Waals surface area contributed by atoms with Gasteiger partial charge in [0.1, 0.15) is 16.5 Å². The van der Waals surface area contributed by atoms with Crippen LogP contribution >= 0.6 is 11.3 Å². The van der Waals surface area contributed by atoms with E-state index in [0.717, 1.165) is 60.4 Å². The first-order chi connectivity index (χ1) is 15.7. The maximum Gasteiger partial charge on any atom is 0.275 e. The number of anilines is 2. The van der Waals surface area contributed by atoms with Gasteiger partial charge in [-0.3, -0.25) is 4.79 Å². The number of nitrogens with zero attached hydrogens (tertiary/aromatic N) is 2. The second-order valence-corrected chi connectivity index (χ2v) is 8.53. The maximum absolute atomic E-state index is 12.9. The number of benzene rings is 2. The first kappa shape index (κ1) is 22.3. The molecule has 2 aromatic carbocycles. The zero-order valence-electron chi connectivity index (χ0n) is 18.9. The number of amides is 1. The van der Waals surface area contributed by atoms with Crippen LogP contribution in [0.3, 0.4) is 0 Å². The quantitative estimate of drug-likeness (QED) is 0.596. The fourth-order valence-corrected chi connectivity index (χ4v) is 4.84. The lowest BCUT2D eigenvalue weighted by Gasteiger charge is -2.37. The van der Waals surface area contributed by atoms with Crippen LogP contribution in [-0.2, 0) is 6.42 Å². The maximum atomic E-state index is 12.9. The first-order valence-corrected chi connectivity index (χ1v) is 12.2. The Hall–Kier alpha value is -2.90. The Labute approximate surface area is 193 Å². The molecule has 168 valence electrons. The smallest absolute Gasteiger partial charge is 0.275 e. The van der Waals surface area contributed by atoms with E-state index in [-0.39, 0.29) is 5.91 Å². The van der Waals surface area contributed by atoms with Crippen molar-refractivity contribution in [1.82, 2.24) is 10.3 Å². The third kappa shape index (κ3) is 4.64. The van der Waals surface area contributed by atoms with Crippen LogP contribution in [0.15, 0.2) is 47.8 Å². The van der Waals surface area contributed by atoms with Crippen molar-refractivity contribution < 1.29 is 9.53 Å². The Bertz CT molecular complexity index is 1080. The van der Waals surface area contributed by atoms with Crippen LogP contribution in [0.4, 0.5) is 11.4 Å². The number of aromatic nitrogens is 1. The number of carbonyl (C=O) groups is 1. The molecule has 6 nitrogen and oxygen atoms in total. The van der Waals surface area contributed by atoms with Crippen LogP contribution in [0.5, 0.6) is 5.75 Å². The molecule has 1 amide bonds. The van der Waals surface area contributed by atoms with Crippen molar-refractivity contribution in [2.24, 2.45) is 0 Å². The van der Waals surface area contributed by atoms with Crippen LogP contribution in [0.1, 0.15) is 36.8 Å². The molecule has 1 aromatic heterocycles. The van der Waals surface area contributed by atoms with Crippen molar-refractivity contribution in [2.75, 3.05) is 36.5 Å². The molecule has 0 bridgehead atoms. The molecule has 0 unspecified atom stereocenters. The van der Waals surface area contributed by atoms with E-state index in [0.29, 0.717) is 11.7 Å². The zero-order chi connectivity index (χ0) is 22.5.